The van der Waals surface area contributed by atoms with Gasteiger partial charge in [-0.2, -0.15) is 0 Å². The third-order valence-corrected chi connectivity index (χ3v) is 5.86. The zero-order valence-corrected chi connectivity index (χ0v) is 19.7. The number of benzene rings is 3. The molecule has 0 saturated heterocycles. The number of ether oxygens (including phenoxy) is 1. The lowest BCUT2D eigenvalue weighted by atomic mass is 10.1. The summed E-state index contributed by atoms with van der Waals surface area (Å²) >= 11 is 0. The molecule has 1 aromatic heterocycles. The lowest BCUT2D eigenvalue weighted by molar-refractivity contribution is -0.145. The summed E-state index contributed by atoms with van der Waals surface area (Å²) in [5.74, 6) is 6.16. The van der Waals surface area contributed by atoms with Crippen LogP contribution in [-0.4, -0.2) is 16.6 Å². The molecular formula is C31H31NO2. The summed E-state index contributed by atoms with van der Waals surface area (Å²) in [6, 6.07) is 28.7. The fraction of sp³-hybridized carbons (Fsp3) is 0.258. The van der Waals surface area contributed by atoms with E-state index in [9.17, 15) is 4.79 Å². The van der Waals surface area contributed by atoms with E-state index in [2.05, 4.69) is 53.8 Å². The van der Waals surface area contributed by atoms with E-state index >= 15 is 0 Å². The molecule has 0 N–H and O–H groups in total. The Bertz CT molecular complexity index is 1260. The summed E-state index contributed by atoms with van der Waals surface area (Å²) in [7, 11) is 0. The maximum absolute atomic E-state index is 13.0. The van der Waals surface area contributed by atoms with Crippen LogP contribution in [0.15, 0.2) is 91.1 Å². The van der Waals surface area contributed by atoms with Crippen molar-refractivity contribution in [2.75, 3.05) is 0 Å². The zero-order chi connectivity index (χ0) is 23.6. The number of hydrogen-bond donors (Lipinski definition) is 0. The van der Waals surface area contributed by atoms with E-state index < -0.39 is 6.10 Å². The Hall–Kier alpha value is -3.77. The van der Waals surface area contributed by atoms with E-state index in [0.29, 0.717) is 6.42 Å². The molecule has 34 heavy (non-hydrogen) atoms. The Morgan fingerprint density at radius 3 is 2.32 bits per heavy atom. The fourth-order valence-electron chi connectivity index (χ4n) is 4.13. The minimum absolute atomic E-state index is 0.226. The molecule has 0 aliphatic carbocycles. The molecule has 1 unspecified atom stereocenters. The van der Waals surface area contributed by atoms with Gasteiger partial charge in [-0.05, 0) is 29.2 Å². The van der Waals surface area contributed by atoms with Crippen molar-refractivity contribution in [3.63, 3.8) is 0 Å². The first-order valence-electron chi connectivity index (χ1n) is 12.1. The van der Waals surface area contributed by atoms with Crippen LogP contribution in [0.1, 0.15) is 42.9 Å². The van der Waals surface area contributed by atoms with Crippen molar-refractivity contribution in [3.05, 3.63) is 108 Å². The Kier molecular flexibility index (Phi) is 8.19. The van der Waals surface area contributed by atoms with E-state index in [0.717, 1.165) is 47.8 Å². The second kappa shape index (κ2) is 11.9. The first-order valence-corrected chi connectivity index (χ1v) is 12.1. The highest BCUT2D eigenvalue weighted by Gasteiger charge is 2.17. The molecule has 0 bridgehead atoms. The Morgan fingerprint density at radius 2 is 1.59 bits per heavy atom. The number of nitrogens with zero attached hydrogens (tertiary/aromatic N) is 1. The molecule has 0 spiro atoms. The number of esters is 1. The van der Waals surface area contributed by atoms with Crippen molar-refractivity contribution in [2.45, 2.75) is 51.7 Å². The monoisotopic (exact) mass is 449 g/mol. The Balaban J connectivity index is 1.50. The number of carbonyl (C=O) groups excluding carboxylic acids is 1. The van der Waals surface area contributed by atoms with Crippen LogP contribution in [0.5, 0.6) is 0 Å². The van der Waals surface area contributed by atoms with Gasteiger partial charge < -0.3 is 9.30 Å². The average Bonchev–Trinajstić information content (AvgIpc) is 3.20. The highest BCUT2D eigenvalue weighted by atomic mass is 16.5. The first kappa shape index (κ1) is 23.4. The number of fused-ring (bicyclic) bond motifs is 1. The lowest BCUT2D eigenvalue weighted by Gasteiger charge is -2.13. The van der Waals surface area contributed by atoms with Gasteiger partial charge in [0, 0.05) is 36.5 Å². The highest BCUT2D eigenvalue weighted by Crippen LogP contribution is 2.23. The van der Waals surface area contributed by atoms with Crippen LogP contribution >= 0.6 is 0 Å². The van der Waals surface area contributed by atoms with E-state index in [1.807, 2.05) is 60.7 Å². The predicted molar refractivity (Wildman–Crippen MR) is 139 cm³/mol. The molecule has 0 fully saturated rings. The molecule has 172 valence electrons. The summed E-state index contributed by atoms with van der Waals surface area (Å²) < 4.78 is 8.10. The number of aromatic nitrogens is 1. The number of rotatable bonds is 9. The maximum Gasteiger partial charge on any atom is 0.311 e. The van der Waals surface area contributed by atoms with Crippen molar-refractivity contribution < 1.29 is 9.53 Å². The Labute approximate surface area is 202 Å². The van der Waals surface area contributed by atoms with Gasteiger partial charge in [0.05, 0.1) is 6.42 Å². The normalized spacial score (nSPS) is 11.6. The summed E-state index contributed by atoms with van der Waals surface area (Å²) in [6.45, 7) is 2.91. The number of unbranched alkanes of at least 4 members (excludes halogenated alkanes) is 2. The Morgan fingerprint density at radius 1 is 0.912 bits per heavy atom. The van der Waals surface area contributed by atoms with Crippen LogP contribution in [0.4, 0.5) is 0 Å². The van der Waals surface area contributed by atoms with Crippen molar-refractivity contribution in [2.24, 2.45) is 0 Å². The van der Waals surface area contributed by atoms with Crippen molar-refractivity contribution in [1.82, 2.24) is 4.57 Å². The van der Waals surface area contributed by atoms with Crippen molar-refractivity contribution in [3.8, 4) is 11.8 Å². The molecule has 3 aromatic carbocycles. The molecule has 0 aliphatic rings. The molecule has 4 aromatic rings. The maximum atomic E-state index is 13.0. The van der Waals surface area contributed by atoms with Gasteiger partial charge in [-0.25, -0.2) is 0 Å². The van der Waals surface area contributed by atoms with Gasteiger partial charge >= 0.3 is 5.97 Å². The summed E-state index contributed by atoms with van der Waals surface area (Å²) in [5.41, 5.74) is 4.44. The van der Waals surface area contributed by atoms with Crippen LogP contribution in [0.2, 0.25) is 0 Å². The molecule has 3 nitrogen and oxygen atoms in total. The molecule has 1 heterocycles. The molecule has 0 saturated carbocycles. The standard InChI is InChI=1S/C31H31NO2/c1-2-3-4-11-18-28(21-25-14-7-5-8-15-25)34-31(33)22-27-24-32(23-26-16-9-6-10-17-26)30-20-13-12-19-29(27)30/h5-10,12-17,19-20,24,28H,2-4,21-23H2,1H3. The number of carbonyl (C=O) groups is 1. The second-order valence-electron chi connectivity index (χ2n) is 8.55. The lowest BCUT2D eigenvalue weighted by Crippen LogP contribution is -2.20. The SMILES string of the molecule is CCCCC#CC(Cc1ccccc1)OC(=O)Cc1cn(Cc2ccccc2)c2ccccc12. The van der Waals surface area contributed by atoms with E-state index in [1.54, 1.807) is 0 Å². The van der Waals surface area contributed by atoms with Gasteiger partial charge in [0.25, 0.3) is 0 Å². The summed E-state index contributed by atoms with van der Waals surface area (Å²) in [6.07, 6.45) is 5.45. The molecule has 3 heteroatoms. The largest absolute Gasteiger partial charge is 0.449 e. The smallest absolute Gasteiger partial charge is 0.311 e. The van der Waals surface area contributed by atoms with E-state index in [4.69, 9.17) is 4.74 Å². The minimum atomic E-state index is -0.440. The van der Waals surface area contributed by atoms with Gasteiger partial charge in [-0.1, -0.05) is 104 Å². The summed E-state index contributed by atoms with van der Waals surface area (Å²) in [5, 5.41) is 1.09. The third kappa shape index (κ3) is 6.39. The number of para-hydroxylation sites is 1. The topological polar surface area (TPSA) is 31.2 Å². The predicted octanol–water partition coefficient (Wildman–Crippen LogP) is 6.58. The average molecular weight is 450 g/mol. The molecule has 0 amide bonds. The first-order chi connectivity index (χ1) is 16.7. The quantitative estimate of drug-likeness (QED) is 0.164. The molecule has 0 aliphatic heterocycles. The molecule has 1 atom stereocenters. The fourth-order valence-corrected chi connectivity index (χ4v) is 4.13. The van der Waals surface area contributed by atoms with Crippen LogP contribution in [0.3, 0.4) is 0 Å². The third-order valence-electron chi connectivity index (χ3n) is 5.86. The van der Waals surface area contributed by atoms with Crippen molar-refractivity contribution in [1.29, 1.82) is 0 Å². The van der Waals surface area contributed by atoms with Gasteiger partial charge in [0.2, 0.25) is 0 Å². The summed E-state index contributed by atoms with van der Waals surface area (Å²) in [4.78, 5) is 13.0. The molecule has 0 radical (unpaired) electrons. The van der Waals surface area contributed by atoms with Gasteiger partial charge in [-0.15, -0.1) is 0 Å². The van der Waals surface area contributed by atoms with Gasteiger partial charge in [0.15, 0.2) is 6.10 Å². The van der Waals surface area contributed by atoms with Crippen LogP contribution < -0.4 is 0 Å². The van der Waals surface area contributed by atoms with Gasteiger partial charge in [0.1, 0.15) is 0 Å². The van der Waals surface area contributed by atoms with Crippen LogP contribution in [0, 0.1) is 11.8 Å². The van der Waals surface area contributed by atoms with Crippen molar-refractivity contribution >= 4 is 16.9 Å². The van der Waals surface area contributed by atoms with E-state index in [1.165, 1.54) is 5.56 Å². The van der Waals surface area contributed by atoms with Gasteiger partial charge in [-0.3, -0.25) is 4.79 Å². The molecular weight excluding hydrogens is 418 g/mol. The highest BCUT2D eigenvalue weighted by molar-refractivity contribution is 5.88. The van der Waals surface area contributed by atoms with Crippen LogP contribution in [-0.2, 0) is 28.9 Å². The number of hydrogen-bond acceptors (Lipinski definition) is 2. The minimum Gasteiger partial charge on any atom is -0.449 e. The second-order valence-corrected chi connectivity index (χ2v) is 8.55. The van der Waals surface area contributed by atoms with E-state index in [-0.39, 0.29) is 12.4 Å². The zero-order valence-electron chi connectivity index (χ0n) is 19.7. The van der Waals surface area contributed by atoms with Crippen LogP contribution in [0.25, 0.3) is 10.9 Å². The molecule has 4 rings (SSSR count).